The average Bonchev–Trinajstić information content (AvgIpc) is 2.97. The van der Waals surface area contributed by atoms with Crippen molar-refractivity contribution in [2.75, 3.05) is 0 Å². The molecular formula is C31H22BN3O2. The van der Waals surface area contributed by atoms with Crippen molar-refractivity contribution >= 4 is 23.4 Å². The maximum atomic E-state index is 9.57. The van der Waals surface area contributed by atoms with Gasteiger partial charge in [-0.1, -0.05) is 121 Å². The summed E-state index contributed by atoms with van der Waals surface area (Å²) in [5.74, 6) is 1.77. The molecule has 0 saturated carbocycles. The molecule has 0 aliphatic carbocycles. The molecule has 0 atom stereocenters. The number of fused-ring (bicyclic) bond motifs is 1. The van der Waals surface area contributed by atoms with E-state index in [0.717, 1.165) is 38.6 Å². The second-order valence-electron chi connectivity index (χ2n) is 8.74. The van der Waals surface area contributed by atoms with Gasteiger partial charge in [-0.25, -0.2) is 15.0 Å². The summed E-state index contributed by atoms with van der Waals surface area (Å²) in [6, 6.07) is 39.4. The van der Waals surface area contributed by atoms with Crippen LogP contribution in [0.1, 0.15) is 0 Å². The van der Waals surface area contributed by atoms with Crippen LogP contribution in [0.3, 0.4) is 0 Å². The topological polar surface area (TPSA) is 79.1 Å². The Bertz CT molecular complexity index is 1630. The summed E-state index contributed by atoms with van der Waals surface area (Å²) in [6.45, 7) is 0. The number of aromatic nitrogens is 3. The van der Waals surface area contributed by atoms with Gasteiger partial charge < -0.3 is 10.0 Å². The summed E-state index contributed by atoms with van der Waals surface area (Å²) in [4.78, 5) is 14.8. The van der Waals surface area contributed by atoms with Gasteiger partial charge in [0.05, 0.1) is 0 Å². The minimum absolute atomic E-state index is 0.434. The van der Waals surface area contributed by atoms with Crippen molar-refractivity contribution in [3.8, 4) is 45.3 Å². The Labute approximate surface area is 214 Å². The highest BCUT2D eigenvalue weighted by molar-refractivity contribution is 6.58. The first kappa shape index (κ1) is 22.8. The van der Waals surface area contributed by atoms with Crippen LogP contribution in [0.15, 0.2) is 121 Å². The van der Waals surface area contributed by atoms with Crippen LogP contribution in [0.4, 0.5) is 0 Å². The van der Waals surface area contributed by atoms with Gasteiger partial charge in [-0.2, -0.15) is 0 Å². The summed E-state index contributed by atoms with van der Waals surface area (Å²) in [6.07, 6.45) is 0. The normalized spacial score (nSPS) is 11.0. The van der Waals surface area contributed by atoms with Gasteiger partial charge in [0.2, 0.25) is 0 Å². The highest BCUT2D eigenvalue weighted by atomic mass is 16.4. The lowest BCUT2D eigenvalue weighted by Crippen LogP contribution is -2.29. The van der Waals surface area contributed by atoms with Gasteiger partial charge >= 0.3 is 7.12 Å². The highest BCUT2D eigenvalue weighted by Gasteiger charge is 2.19. The highest BCUT2D eigenvalue weighted by Crippen LogP contribution is 2.37. The molecule has 2 N–H and O–H groups in total. The zero-order valence-electron chi connectivity index (χ0n) is 19.9. The van der Waals surface area contributed by atoms with Gasteiger partial charge in [0.15, 0.2) is 17.5 Å². The molecule has 5 aromatic carbocycles. The maximum absolute atomic E-state index is 9.57. The lowest BCUT2D eigenvalue weighted by molar-refractivity contribution is 0.426. The zero-order chi connectivity index (χ0) is 25.2. The van der Waals surface area contributed by atoms with Crippen LogP contribution >= 0.6 is 0 Å². The Kier molecular flexibility index (Phi) is 6.02. The molecule has 0 bridgehead atoms. The number of rotatable bonds is 5. The fourth-order valence-corrected chi connectivity index (χ4v) is 4.51. The molecular weight excluding hydrogens is 457 g/mol. The lowest BCUT2D eigenvalue weighted by Gasteiger charge is -2.15. The predicted octanol–water partition coefficient (Wildman–Crippen LogP) is 5.37. The van der Waals surface area contributed by atoms with Crippen molar-refractivity contribution in [2.24, 2.45) is 0 Å². The van der Waals surface area contributed by atoms with Gasteiger partial charge in [-0.3, -0.25) is 0 Å². The summed E-state index contributed by atoms with van der Waals surface area (Å²) in [7, 11) is -1.52. The predicted molar refractivity (Wildman–Crippen MR) is 149 cm³/mol. The molecule has 6 heteroatoms. The van der Waals surface area contributed by atoms with E-state index in [1.54, 1.807) is 12.1 Å². The van der Waals surface area contributed by atoms with E-state index in [4.69, 9.17) is 15.0 Å². The van der Waals surface area contributed by atoms with E-state index in [9.17, 15) is 10.0 Å². The second-order valence-corrected chi connectivity index (χ2v) is 8.74. The molecule has 0 amide bonds. The number of hydrogen-bond acceptors (Lipinski definition) is 5. The number of benzene rings is 5. The molecule has 0 fully saturated rings. The smallest absolute Gasteiger partial charge is 0.423 e. The van der Waals surface area contributed by atoms with E-state index >= 15 is 0 Å². The third-order valence-electron chi connectivity index (χ3n) is 6.37. The molecule has 5 nitrogen and oxygen atoms in total. The summed E-state index contributed by atoms with van der Waals surface area (Å²) < 4.78 is 0. The first-order chi connectivity index (χ1) is 18.2. The minimum atomic E-state index is -1.52. The summed E-state index contributed by atoms with van der Waals surface area (Å²) >= 11 is 0. The van der Waals surface area contributed by atoms with E-state index in [-0.39, 0.29) is 0 Å². The van der Waals surface area contributed by atoms with Crippen molar-refractivity contribution in [3.05, 3.63) is 121 Å². The summed E-state index contributed by atoms with van der Waals surface area (Å²) in [5, 5.41) is 21.2. The average molecular weight is 479 g/mol. The van der Waals surface area contributed by atoms with Gasteiger partial charge in [0.25, 0.3) is 0 Å². The molecule has 0 unspecified atom stereocenters. The first-order valence-corrected chi connectivity index (χ1v) is 12.0. The molecule has 176 valence electrons. The quantitative estimate of drug-likeness (QED) is 0.325. The molecule has 37 heavy (non-hydrogen) atoms. The third kappa shape index (κ3) is 4.52. The molecule has 1 aromatic heterocycles. The van der Waals surface area contributed by atoms with Gasteiger partial charge in [-0.05, 0) is 27.4 Å². The number of nitrogens with zero attached hydrogens (tertiary/aromatic N) is 3. The molecule has 0 aliphatic heterocycles. The lowest BCUT2D eigenvalue weighted by atomic mass is 9.79. The molecule has 6 rings (SSSR count). The van der Waals surface area contributed by atoms with E-state index in [1.165, 1.54) is 0 Å². The summed E-state index contributed by atoms with van der Waals surface area (Å²) in [5.41, 5.74) is 5.02. The maximum Gasteiger partial charge on any atom is 0.488 e. The van der Waals surface area contributed by atoms with Crippen LogP contribution in [0.5, 0.6) is 0 Å². The van der Waals surface area contributed by atoms with Crippen molar-refractivity contribution in [2.45, 2.75) is 0 Å². The number of hydrogen-bond donors (Lipinski definition) is 2. The Morgan fingerprint density at radius 3 is 1.59 bits per heavy atom. The van der Waals surface area contributed by atoms with Crippen molar-refractivity contribution in [3.63, 3.8) is 0 Å². The SMILES string of the molecule is OB(O)c1ccc(-c2ccc3ccccc3c2-c2nc(-c3ccccc3)nc(-c3ccccc3)n2)cc1. The largest absolute Gasteiger partial charge is 0.488 e. The van der Waals surface area contributed by atoms with E-state index in [2.05, 4.69) is 24.3 Å². The van der Waals surface area contributed by atoms with Gasteiger partial charge in [0.1, 0.15) is 0 Å². The third-order valence-corrected chi connectivity index (χ3v) is 6.37. The fourth-order valence-electron chi connectivity index (χ4n) is 4.51. The van der Waals surface area contributed by atoms with Crippen molar-refractivity contribution in [1.29, 1.82) is 0 Å². The van der Waals surface area contributed by atoms with E-state index < -0.39 is 7.12 Å². The van der Waals surface area contributed by atoms with Crippen LogP contribution in [-0.2, 0) is 0 Å². The van der Waals surface area contributed by atoms with E-state index in [0.29, 0.717) is 22.9 Å². The van der Waals surface area contributed by atoms with Crippen LogP contribution in [0.25, 0.3) is 56.1 Å². The van der Waals surface area contributed by atoms with Crippen molar-refractivity contribution < 1.29 is 10.0 Å². The van der Waals surface area contributed by atoms with Crippen molar-refractivity contribution in [1.82, 2.24) is 15.0 Å². The Balaban J connectivity index is 1.64. The molecule has 0 radical (unpaired) electrons. The van der Waals surface area contributed by atoms with Gasteiger partial charge in [-0.15, -0.1) is 0 Å². The molecule has 0 spiro atoms. The van der Waals surface area contributed by atoms with Crippen LogP contribution in [-0.4, -0.2) is 32.1 Å². The first-order valence-electron chi connectivity index (χ1n) is 12.0. The van der Waals surface area contributed by atoms with Gasteiger partial charge in [0, 0.05) is 16.7 Å². The van der Waals surface area contributed by atoms with Crippen LogP contribution < -0.4 is 5.46 Å². The monoisotopic (exact) mass is 479 g/mol. The Morgan fingerprint density at radius 1 is 0.459 bits per heavy atom. The standard InChI is InChI=1S/C31H22BN3O2/c36-32(37)25-18-15-22(16-19-25)27-20-17-21-9-7-8-14-26(21)28(27)31-34-29(23-10-3-1-4-11-23)33-30(35-31)24-12-5-2-6-13-24/h1-20,36-37H. The Hall–Kier alpha value is -4.65. The molecule has 6 aromatic rings. The minimum Gasteiger partial charge on any atom is -0.423 e. The fraction of sp³-hybridized carbons (Fsp3) is 0. The molecule has 1 heterocycles. The second kappa shape index (κ2) is 9.78. The molecule has 0 aliphatic rings. The zero-order valence-corrected chi connectivity index (χ0v) is 19.9. The van der Waals surface area contributed by atoms with Crippen LogP contribution in [0, 0.1) is 0 Å². The van der Waals surface area contributed by atoms with Crippen LogP contribution in [0.2, 0.25) is 0 Å². The van der Waals surface area contributed by atoms with E-state index in [1.807, 2.05) is 84.9 Å². The Morgan fingerprint density at radius 2 is 1.00 bits per heavy atom. The molecule has 0 saturated heterocycles.